The van der Waals surface area contributed by atoms with Gasteiger partial charge in [0.1, 0.15) is 0 Å². The molecule has 3 heteroatoms. The van der Waals surface area contributed by atoms with Gasteiger partial charge in [0.25, 0.3) is 0 Å². The zero-order chi connectivity index (χ0) is 11.8. The van der Waals surface area contributed by atoms with Gasteiger partial charge in [-0.2, -0.15) is 0 Å². The molecular weight excluding hydrogens is 204 g/mol. The third-order valence-electron chi connectivity index (χ3n) is 3.11. The second-order valence-electron chi connectivity index (χ2n) is 3.96. The average Bonchev–Trinajstić information content (AvgIpc) is 2.27. The van der Waals surface area contributed by atoms with Gasteiger partial charge in [-0.1, -0.05) is 36.4 Å². The Morgan fingerprint density at radius 1 is 1.31 bits per heavy atom. The smallest absolute Gasteiger partial charge is 0.322 e. The highest BCUT2D eigenvalue weighted by atomic mass is 16.4. The van der Waals surface area contributed by atoms with Crippen LogP contribution in [0.15, 0.2) is 30.3 Å². The summed E-state index contributed by atoms with van der Waals surface area (Å²) < 4.78 is 0. The lowest BCUT2D eigenvalue weighted by Crippen LogP contribution is -2.43. The summed E-state index contributed by atoms with van der Waals surface area (Å²) in [4.78, 5) is 23.1. The van der Waals surface area contributed by atoms with E-state index < -0.39 is 11.4 Å². The van der Waals surface area contributed by atoms with Gasteiger partial charge in [-0.25, -0.2) is 0 Å². The molecule has 0 heterocycles. The standard InChI is InChI=1S/C13H12O3/c1-9(14)13(12(15)16)8-4-6-10-5-2-3-7-11(10)13/h2-7H,8H2,1H3,(H,15,16). The fraction of sp³-hybridized carbons (Fsp3) is 0.231. The first-order valence-corrected chi connectivity index (χ1v) is 5.09. The molecule has 0 fully saturated rings. The minimum absolute atomic E-state index is 0.231. The molecule has 1 atom stereocenters. The van der Waals surface area contributed by atoms with Crippen LogP contribution in [0.5, 0.6) is 0 Å². The Kier molecular flexibility index (Phi) is 2.38. The Morgan fingerprint density at radius 2 is 2.00 bits per heavy atom. The number of ketones is 1. The van der Waals surface area contributed by atoms with E-state index in [9.17, 15) is 14.7 Å². The van der Waals surface area contributed by atoms with E-state index >= 15 is 0 Å². The molecule has 0 bridgehead atoms. The van der Waals surface area contributed by atoms with E-state index in [1.54, 1.807) is 18.2 Å². The van der Waals surface area contributed by atoms with Crippen LogP contribution in [0.3, 0.4) is 0 Å². The number of carbonyl (C=O) groups excluding carboxylic acids is 1. The number of rotatable bonds is 2. The Labute approximate surface area is 93.4 Å². The number of carboxylic acid groups (broad SMARTS) is 1. The molecule has 0 amide bonds. The molecule has 3 nitrogen and oxygen atoms in total. The monoisotopic (exact) mass is 216 g/mol. The highest BCUT2D eigenvalue weighted by molar-refractivity contribution is 6.09. The zero-order valence-electron chi connectivity index (χ0n) is 8.93. The minimum Gasteiger partial charge on any atom is -0.480 e. The number of allylic oxidation sites excluding steroid dienone is 1. The van der Waals surface area contributed by atoms with Crippen LogP contribution in [0.25, 0.3) is 6.08 Å². The van der Waals surface area contributed by atoms with Crippen LogP contribution in [-0.2, 0) is 15.0 Å². The van der Waals surface area contributed by atoms with Crippen LogP contribution >= 0.6 is 0 Å². The molecule has 0 radical (unpaired) electrons. The molecule has 2 rings (SSSR count). The summed E-state index contributed by atoms with van der Waals surface area (Å²) in [5.41, 5.74) is 0.00887. The first kappa shape index (κ1) is 10.6. The van der Waals surface area contributed by atoms with Crippen molar-refractivity contribution in [3.63, 3.8) is 0 Å². The average molecular weight is 216 g/mol. The number of carboxylic acids is 1. The molecule has 1 unspecified atom stereocenters. The third kappa shape index (κ3) is 1.28. The Bertz CT molecular complexity index is 472. The number of carbonyl (C=O) groups is 2. The van der Waals surface area contributed by atoms with Gasteiger partial charge < -0.3 is 5.11 Å². The Hall–Kier alpha value is -1.90. The fourth-order valence-corrected chi connectivity index (χ4v) is 2.19. The number of Topliss-reactive ketones (excluding diaryl/α,β-unsaturated/α-hetero) is 1. The van der Waals surface area contributed by atoms with Crippen molar-refractivity contribution in [1.29, 1.82) is 0 Å². The van der Waals surface area contributed by atoms with Gasteiger partial charge >= 0.3 is 5.97 Å². The van der Waals surface area contributed by atoms with E-state index in [0.717, 1.165) is 5.56 Å². The summed E-state index contributed by atoms with van der Waals surface area (Å²) in [5, 5.41) is 9.35. The van der Waals surface area contributed by atoms with Crippen molar-refractivity contribution in [3.8, 4) is 0 Å². The maximum absolute atomic E-state index is 11.7. The SMILES string of the molecule is CC(=O)C1(C(=O)O)CC=Cc2ccccc21. The minimum atomic E-state index is -1.40. The molecule has 82 valence electrons. The summed E-state index contributed by atoms with van der Waals surface area (Å²) in [7, 11) is 0. The van der Waals surface area contributed by atoms with Crippen LogP contribution in [0, 0.1) is 0 Å². The molecule has 0 spiro atoms. The predicted octanol–water partition coefficient (Wildman–Crippen LogP) is 2.01. The Morgan fingerprint density at radius 3 is 2.62 bits per heavy atom. The molecule has 1 aliphatic carbocycles. The van der Waals surface area contributed by atoms with E-state index in [0.29, 0.717) is 5.56 Å². The summed E-state index contributed by atoms with van der Waals surface area (Å²) in [6, 6.07) is 7.14. The molecule has 1 aromatic rings. The van der Waals surface area contributed by atoms with Crippen LogP contribution < -0.4 is 0 Å². The van der Waals surface area contributed by atoms with E-state index in [1.807, 2.05) is 18.2 Å². The summed E-state index contributed by atoms with van der Waals surface area (Å²) in [6.07, 6.45) is 3.84. The second-order valence-corrected chi connectivity index (χ2v) is 3.96. The van der Waals surface area contributed by atoms with Crippen molar-refractivity contribution in [2.75, 3.05) is 0 Å². The van der Waals surface area contributed by atoms with E-state index in [4.69, 9.17) is 0 Å². The van der Waals surface area contributed by atoms with Gasteiger partial charge in [-0.05, 0) is 24.5 Å². The van der Waals surface area contributed by atoms with Gasteiger partial charge in [-0.3, -0.25) is 9.59 Å². The summed E-state index contributed by atoms with van der Waals surface area (Å²) >= 11 is 0. The molecule has 0 saturated heterocycles. The van der Waals surface area contributed by atoms with E-state index in [1.165, 1.54) is 6.92 Å². The maximum Gasteiger partial charge on any atom is 0.322 e. The summed E-state index contributed by atoms with van der Waals surface area (Å²) in [5.74, 6) is -1.39. The van der Waals surface area contributed by atoms with Gasteiger partial charge in [0.05, 0.1) is 0 Å². The number of hydrogen-bond acceptors (Lipinski definition) is 2. The summed E-state index contributed by atoms with van der Waals surface area (Å²) in [6.45, 7) is 1.34. The molecule has 1 aromatic carbocycles. The molecule has 0 aliphatic heterocycles. The van der Waals surface area contributed by atoms with E-state index in [-0.39, 0.29) is 12.2 Å². The number of aliphatic carboxylic acids is 1. The normalized spacial score (nSPS) is 22.6. The fourth-order valence-electron chi connectivity index (χ4n) is 2.19. The second kappa shape index (κ2) is 3.59. The van der Waals surface area contributed by atoms with Crippen LogP contribution in [0.2, 0.25) is 0 Å². The molecule has 1 N–H and O–H groups in total. The lowest BCUT2D eigenvalue weighted by Gasteiger charge is -2.30. The van der Waals surface area contributed by atoms with Crippen molar-refractivity contribution in [2.24, 2.45) is 0 Å². The lowest BCUT2D eigenvalue weighted by atomic mass is 9.70. The van der Waals surface area contributed by atoms with Gasteiger partial charge in [0, 0.05) is 0 Å². The molecule has 16 heavy (non-hydrogen) atoms. The van der Waals surface area contributed by atoms with Gasteiger partial charge in [-0.15, -0.1) is 0 Å². The molecule has 0 saturated carbocycles. The molecule has 0 aromatic heterocycles. The zero-order valence-corrected chi connectivity index (χ0v) is 8.93. The van der Waals surface area contributed by atoms with Crippen molar-refractivity contribution < 1.29 is 14.7 Å². The van der Waals surface area contributed by atoms with Crippen LogP contribution in [-0.4, -0.2) is 16.9 Å². The maximum atomic E-state index is 11.7. The first-order valence-electron chi connectivity index (χ1n) is 5.09. The van der Waals surface area contributed by atoms with Gasteiger partial charge in [0.2, 0.25) is 0 Å². The van der Waals surface area contributed by atoms with Crippen LogP contribution in [0.4, 0.5) is 0 Å². The Balaban J connectivity index is 2.71. The quantitative estimate of drug-likeness (QED) is 0.769. The topological polar surface area (TPSA) is 54.4 Å². The predicted molar refractivity (Wildman–Crippen MR) is 60.1 cm³/mol. The number of fused-ring (bicyclic) bond motifs is 1. The van der Waals surface area contributed by atoms with Crippen molar-refractivity contribution in [1.82, 2.24) is 0 Å². The van der Waals surface area contributed by atoms with E-state index in [2.05, 4.69) is 0 Å². The largest absolute Gasteiger partial charge is 0.480 e. The van der Waals surface area contributed by atoms with Crippen LogP contribution in [0.1, 0.15) is 24.5 Å². The van der Waals surface area contributed by atoms with Crippen molar-refractivity contribution in [3.05, 3.63) is 41.5 Å². The van der Waals surface area contributed by atoms with Gasteiger partial charge in [0.15, 0.2) is 11.2 Å². The number of hydrogen-bond donors (Lipinski definition) is 1. The number of benzene rings is 1. The van der Waals surface area contributed by atoms with Crippen molar-refractivity contribution >= 4 is 17.8 Å². The lowest BCUT2D eigenvalue weighted by molar-refractivity contribution is -0.148. The molecule has 1 aliphatic rings. The highest BCUT2D eigenvalue weighted by Crippen LogP contribution is 2.36. The van der Waals surface area contributed by atoms with Crippen molar-refractivity contribution in [2.45, 2.75) is 18.8 Å². The highest BCUT2D eigenvalue weighted by Gasteiger charge is 2.46. The third-order valence-corrected chi connectivity index (χ3v) is 3.11. The molecular formula is C13H12O3. The first-order chi connectivity index (χ1) is 7.59.